The summed E-state index contributed by atoms with van der Waals surface area (Å²) in [7, 11) is -3.46. The molecule has 1 saturated carbocycles. The average molecular weight is 303 g/mol. The molecule has 0 amide bonds. The summed E-state index contributed by atoms with van der Waals surface area (Å²) >= 11 is 0.794. The van der Waals surface area contributed by atoms with E-state index in [4.69, 9.17) is 5.11 Å². The van der Waals surface area contributed by atoms with Gasteiger partial charge in [0.1, 0.15) is 4.88 Å². The third kappa shape index (κ3) is 2.81. The van der Waals surface area contributed by atoms with Crippen LogP contribution in [0.1, 0.15) is 54.4 Å². The van der Waals surface area contributed by atoms with Crippen molar-refractivity contribution in [2.75, 3.05) is 0 Å². The molecule has 7 heteroatoms. The topological polar surface area (TPSA) is 84.3 Å². The average Bonchev–Trinajstić information content (AvgIpc) is 2.84. The van der Waals surface area contributed by atoms with Gasteiger partial charge in [-0.15, -0.1) is 0 Å². The molecule has 106 valence electrons. The number of aromatic carboxylic acids is 1. The van der Waals surface area contributed by atoms with Crippen molar-refractivity contribution in [3.63, 3.8) is 0 Å². The third-order valence-electron chi connectivity index (χ3n) is 3.44. The van der Waals surface area contributed by atoms with Crippen LogP contribution in [-0.4, -0.2) is 29.7 Å². The highest BCUT2D eigenvalue weighted by Gasteiger charge is 2.33. The molecular weight excluding hydrogens is 286 g/mol. The lowest BCUT2D eigenvalue weighted by atomic mass is 10.0. The first-order chi connectivity index (χ1) is 8.96. The van der Waals surface area contributed by atoms with Gasteiger partial charge < -0.3 is 5.11 Å². The van der Waals surface area contributed by atoms with E-state index in [0.717, 1.165) is 30.6 Å². The summed E-state index contributed by atoms with van der Waals surface area (Å²) < 4.78 is 24.9. The maximum atomic E-state index is 12.4. The van der Waals surface area contributed by atoms with E-state index in [9.17, 15) is 13.2 Å². The number of carboxylic acid groups (broad SMARTS) is 1. The second kappa shape index (κ2) is 5.58. The van der Waals surface area contributed by atoms with Crippen LogP contribution in [-0.2, 0) is 16.3 Å². The van der Waals surface area contributed by atoms with Gasteiger partial charge in [-0.25, -0.2) is 18.2 Å². The molecule has 1 aromatic heterocycles. The number of rotatable bonds is 4. The van der Waals surface area contributed by atoms with E-state index in [1.807, 2.05) is 0 Å². The van der Waals surface area contributed by atoms with Gasteiger partial charge in [-0.3, -0.25) is 0 Å². The predicted octanol–water partition coefficient (Wildman–Crippen LogP) is 2.51. The number of aryl methyl sites for hydroxylation is 1. The van der Waals surface area contributed by atoms with Crippen molar-refractivity contribution in [3.8, 4) is 0 Å². The summed E-state index contributed by atoms with van der Waals surface area (Å²) in [5.74, 6) is -1.10. The van der Waals surface area contributed by atoms with Gasteiger partial charge in [0.05, 0.1) is 10.9 Å². The van der Waals surface area contributed by atoms with Gasteiger partial charge in [0.15, 0.2) is 0 Å². The van der Waals surface area contributed by atoms with Crippen molar-refractivity contribution in [2.24, 2.45) is 0 Å². The van der Waals surface area contributed by atoms with E-state index in [1.165, 1.54) is 0 Å². The third-order valence-corrected chi connectivity index (χ3v) is 7.20. The van der Waals surface area contributed by atoms with Crippen LogP contribution in [0.15, 0.2) is 4.34 Å². The Kier molecular flexibility index (Phi) is 4.25. The van der Waals surface area contributed by atoms with Gasteiger partial charge in [0.2, 0.25) is 14.2 Å². The van der Waals surface area contributed by atoms with Gasteiger partial charge in [-0.2, -0.15) is 0 Å². The number of hydrogen-bond acceptors (Lipinski definition) is 5. The molecule has 1 heterocycles. The summed E-state index contributed by atoms with van der Waals surface area (Å²) in [5, 5.41) is 8.67. The number of hydrogen-bond donors (Lipinski definition) is 1. The molecular formula is C12H17NO4S2. The van der Waals surface area contributed by atoms with Gasteiger partial charge in [-0.05, 0) is 19.3 Å². The Morgan fingerprint density at radius 1 is 1.37 bits per heavy atom. The Labute approximate surface area is 116 Å². The van der Waals surface area contributed by atoms with E-state index in [0.29, 0.717) is 25.0 Å². The van der Waals surface area contributed by atoms with Crippen molar-refractivity contribution in [1.82, 2.24) is 4.98 Å². The molecule has 0 aromatic carbocycles. The summed E-state index contributed by atoms with van der Waals surface area (Å²) in [6.45, 7) is 1.78. The minimum atomic E-state index is -3.46. The zero-order chi connectivity index (χ0) is 14.0. The van der Waals surface area contributed by atoms with Crippen molar-refractivity contribution in [3.05, 3.63) is 10.6 Å². The van der Waals surface area contributed by atoms with Crippen LogP contribution in [0, 0.1) is 0 Å². The van der Waals surface area contributed by atoms with Crippen LogP contribution in [0.3, 0.4) is 0 Å². The Bertz CT molecular complexity index is 571. The van der Waals surface area contributed by atoms with Crippen molar-refractivity contribution < 1.29 is 18.3 Å². The summed E-state index contributed by atoms with van der Waals surface area (Å²) in [5.41, 5.74) is 0.367. The van der Waals surface area contributed by atoms with Crippen molar-refractivity contribution in [2.45, 2.75) is 55.0 Å². The maximum absolute atomic E-state index is 12.4. The molecule has 1 aliphatic rings. The SMILES string of the molecule is CCc1nc(S(=O)(=O)C2CCCCC2)sc1C(=O)O. The Hall–Kier alpha value is -0.950. The van der Waals surface area contributed by atoms with Crippen LogP contribution < -0.4 is 0 Å². The molecule has 5 nitrogen and oxygen atoms in total. The van der Waals surface area contributed by atoms with E-state index < -0.39 is 21.1 Å². The summed E-state index contributed by atoms with van der Waals surface area (Å²) in [6, 6.07) is 0. The lowest BCUT2D eigenvalue weighted by molar-refractivity contribution is 0.0701. The molecule has 0 spiro atoms. The molecule has 1 fully saturated rings. The first kappa shape index (κ1) is 14.5. The molecule has 0 bridgehead atoms. The molecule has 1 aliphatic carbocycles. The Balaban J connectivity index is 2.37. The zero-order valence-electron chi connectivity index (χ0n) is 10.8. The number of sulfone groups is 1. The van der Waals surface area contributed by atoms with Gasteiger partial charge in [-0.1, -0.05) is 37.5 Å². The molecule has 0 unspecified atom stereocenters. The second-order valence-electron chi connectivity index (χ2n) is 4.72. The smallest absolute Gasteiger partial charge is 0.347 e. The van der Waals surface area contributed by atoms with E-state index in [1.54, 1.807) is 6.92 Å². The highest BCUT2D eigenvalue weighted by atomic mass is 32.2. The Morgan fingerprint density at radius 3 is 2.47 bits per heavy atom. The van der Waals surface area contributed by atoms with Crippen LogP contribution in [0.2, 0.25) is 0 Å². The lowest BCUT2D eigenvalue weighted by Gasteiger charge is -2.20. The highest BCUT2D eigenvalue weighted by Crippen LogP contribution is 2.32. The maximum Gasteiger partial charge on any atom is 0.347 e. The van der Waals surface area contributed by atoms with E-state index >= 15 is 0 Å². The number of thiazole rings is 1. The second-order valence-corrected chi connectivity index (χ2v) is 8.12. The largest absolute Gasteiger partial charge is 0.477 e. The van der Waals surface area contributed by atoms with Crippen molar-refractivity contribution in [1.29, 1.82) is 0 Å². The molecule has 0 aliphatic heterocycles. The number of nitrogens with zero attached hydrogens (tertiary/aromatic N) is 1. The summed E-state index contributed by atoms with van der Waals surface area (Å²) in [4.78, 5) is 15.2. The molecule has 2 rings (SSSR count). The normalized spacial score (nSPS) is 17.5. The fraction of sp³-hybridized carbons (Fsp3) is 0.667. The van der Waals surface area contributed by atoms with Gasteiger partial charge >= 0.3 is 5.97 Å². The minimum Gasteiger partial charge on any atom is -0.477 e. The lowest BCUT2D eigenvalue weighted by Crippen LogP contribution is -2.24. The number of aromatic nitrogens is 1. The molecule has 0 atom stereocenters. The van der Waals surface area contributed by atoms with Crippen LogP contribution >= 0.6 is 11.3 Å². The molecule has 1 aromatic rings. The Morgan fingerprint density at radius 2 is 2.00 bits per heavy atom. The van der Waals surface area contributed by atoms with E-state index in [-0.39, 0.29) is 9.22 Å². The summed E-state index contributed by atoms with van der Waals surface area (Å²) in [6.07, 6.45) is 4.66. The number of carbonyl (C=O) groups is 1. The van der Waals surface area contributed by atoms with E-state index in [2.05, 4.69) is 4.98 Å². The predicted molar refractivity (Wildman–Crippen MR) is 72.5 cm³/mol. The first-order valence-electron chi connectivity index (χ1n) is 6.43. The van der Waals surface area contributed by atoms with Gasteiger partial charge in [0.25, 0.3) is 0 Å². The van der Waals surface area contributed by atoms with Crippen LogP contribution in [0.25, 0.3) is 0 Å². The number of carboxylic acids is 1. The van der Waals surface area contributed by atoms with Gasteiger partial charge in [0, 0.05) is 0 Å². The molecule has 1 N–H and O–H groups in total. The monoisotopic (exact) mass is 303 g/mol. The van der Waals surface area contributed by atoms with Crippen LogP contribution in [0.5, 0.6) is 0 Å². The molecule has 0 saturated heterocycles. The zero-order valence-corrected chi connectivity index (χ0v) is 12.4. The fourth-order valence-corrected chi connectivity index (χ4v) is 5.70. The molecule has 19 heavy (non-hydrogen) atoms. The molecule has 0 radical (unpaired) electrons. The quantitative estimate of drug-likeness (QED) is 0.924. The minimum absolute atomic E-state index is 0.0198. The van der Waals surface area contributed by atoms with Crippen LogP contribution in [0.4, 0.5) is 0 Å². The fourth-order valence-electron chi connectivity index (χ4n) is 2.38. The van der Waals surface area contributed by atoms with Crippen molar-refractivity contribution >= 4 is 27.1 Å². The highest BCUT2D eigenvalue weighted by molar-refractivity contribution is 7.94. The standard InChI is InChI=1S/C12H17NO4S2/c1-2-9-10(11(14)15)18-12(13-9)19(16,17)8-6-4-3-5-7-8/h8H,2-7H2,1H3,(H,14,15). The first-order valence-corrected chi connectivity index (χ1v) is 8.80.